The highest BCUT2D eigenvalue weighted by Gasteiger charge is 2.05. The average molecular weight is 336 g/mol. The second kappa shape index (κ2) is 7.31. The first-order valence-corrected chi connectivity index (χ1v) is 7.38. The lowest BCUT2D eigenvalue weighted by Crippen LogP contribution is -2.13. The number of nitrogens with one attached hydrogen (secondary N) is 1. The Morgan fingerprint density at radius 3 is 2.60 bits per heavy atom. The zero-order chi connectivity index (χ0) is 14.4. The van der Waals surface area contributed by atoms with E-state index in [0.717, 1.165) is 34.4 Å². The van der Waals surface area contributed by atoms with Crippen molar-refractivity contribution in [3.8, 4) is 11.5 Å². The third-order valence-electron chi connectivity index (χ3n) is 2.92. The minimum Gasteiger partial charge on any atom is -0.508 e. The van der Waals surface area contributed by atoms with Gasteiger partial charge in [-0.2, -0.15) is 0 Å². The molecule has 0 fully saturated rings. The lowest BCUT2D eigenvalue weighted by molar-refractivity contribution is 0.302. The molecular weight excluding hydrogens is 318 g/mol. The van der Waals surface area contributed by atoms with Gasteiger partial charge in [0.05, 0.1) is 0 Å². The molecule has 0 aliphatic carbocycles. The summed E-state index contributed by atoms with van der Waals surface area (Å²) in [6.45, 7) is 4.26. The van der Waals surface area contributed by atoms with E-state index in [1.807, 2.05) is 24.3 Å². The lowest BCUT2D eigenvalue weighted by atomic mass is 10.2. The van der Waals surface area contributed by atoms with Crippen LogP contribution in [0.2, 0.25) is 0 Å². The SMILES string of the molecule is CCNCc1cc(Br)ccc1OCc1ccc(O)cc1. The maximum atomic E-state index is 9.26. The zero-order valence-corrected chi connectivity index (χ0v) is 13.0. The summed E-state index contributed by atoms with van der Waals surface area (Å²) in [7, 11) is 0. The van der Waals surface area contributed by atoms with Crippen molar-refractivity contribution in [3.63, 3.8) is 0 Å². The Balaban J connectivity index is 2.06. The van der Waals surface area contributed by atoms with Gasteiger partial charge in [0.1, 0.15) is 18.1 Å². The van der Waals surface area contributed by atoms with E-state index in [9.17, 15) is 5.11 Å². The molecule has 0 heterocycles. The number of aromatic hydroxyl groups is 1. The topological polar surface area (TPSA) is 41.5 Å². The van der Waals surface area contributed by atoms with Crippen LogP contribution < -0.4 is 10.1 Å². The molecule has 0 spiro atoms. The van der Waals surface area contributed by atoms with Crippen LogP contribution in [-0.2, 0) is 13.2 Å². The van der Waals surface area contributed by atoms with Crippen molar-refractivity contribution in [2.75, 3.05) is 6.54 Å². The maximum absolute atomic E-state index is 9.26. The Morgan fingerprint density at radius 2 is 1.90 bits per heavy atom. The fourth-order valence-electron chi connectivity index (χ4n) is 1.84. The first kappa shape index (κ1) is 14.9. The quantitative estimate of drug-likeness (QED) is 0.842. The van der Waals surface area contributed by atoms with E-state index in [1.54, 1.807) is 12.1 Å². The van der Waals surface area contributed by atoms with Gasteiger partial charge in [0.15, 0.2) is 0 Å². The molecule has 20 heavy (non-hydrogen) atoms. The Kier molecular flexibility index (Phi) is 5.44. The highest BCUT2D eigenvalue weighted by atomic mass is 79.9. The van der Waals surface area contributed by atoms with Crippen molar-refractivity contribution in [2.45, 2.75) is 20.1 Å². The van der Waals surface area contributed by atoms with Crippen LogP contribution in [0.25, 0.3) is 0 Å². The second-order valence-corrected chi connectivity index (χ2v) is 5.40. The Hall–Kier alpha value is -1.52. The minimum atomic E-state index is 0.269. The summed E-state index contributed by atoms with van der Waals surface area (Å²) in [4.78, 5) is 0. The predicted molar refractivity (Wildman–Crippen MR) is 84.0 cm³/mol. The molecule has 0 amide bonds. The van der Waals surface area contributed by atoms with Gasteiger partial charge in [-0.3, -0.25) is 0 Å². The largest absolute Gasteiger partial charge is 0.508 e. The van der Waals surface area contributed by atoms with Gasteiger partial charge >= 0.3 is 0 Å². The molecule has 4 heteroatoms. The Labute approximate surface area is 127 Å². The molecule has 3 nitrogen and oxygen atoms in total. The standard InChI is InChI=1S/C16H18BrNO2/c1-2-18-10-13-9-14(17)5-8-16(13)20-11-12-3-6-15(19)7-4-12/h3-9,18-19H,2,10-11H2,1H3. The van der Waals surface area contributed by atoms with Crippen LogP contribution in [-0.4, -0.2) is 11.7 Å². The monoisotopic (exact) mass is 335 g/mol. The van der Waals surface area contributed by atoms with Crippen molar-refractivity contribution in [3.05, 3.63) is 58.1 Å². The van der Waals surface area contributed by atoms with Gasteiger partial charge in [-0.15, -0.1) is 0 Å². The number of phenolic OH excluding ortho intramolecular Hbond substituents is 1. The van der Waals surface area contributed by atoms with E-state index in [0.29, 0.717) is 6.61 Å². The fraction of sp³-hybridized carbons (Fsp3) is 0.250. The number of ether oxygens (including phenoxy) is 1. The summed E-state index contributed by atoms with van der Waals surface area (Å²) in [6.07, 6.45) is 0. The molecule has 0 radical (unpaired) electrons. The van der Waals surface area contributed by atoms with E-state index >= 15 is 0 Å². The number of hydrogen-bond acceptors (Lipinski definition) is 3. The number of rotatable bonds is 6. The van der Waals surface area contributed by atoms with Gasteiger partial charge in [-0.05, 0) is 42.4 Å². The minimum absolute atomic E-state index is 0.269. The summed E-state index contributed by atoms with van der Waals surface area (Å²) in [6, 6.07) is 13.1. The van der Waals surface area contributed by atoms with Crippen molar-refractivity contribution < 1.29 is 9.84 Å². The average Bonchev–Trinajstić information content (AvgIpc) is 2.46. The third-order valence-corrected chi connectivity index (χ3v) is 3.41. The van der Waals surface area contributed by atoms with Crippen molar-refractivity contribution in [1.82, 2.24) is 5.32 Å². The third kappa shape index (κ3) is 4.25. The number of halogens is 1. The molecule has 106 valence electrons. The summed E-state index contributed by atoms with van der Waals surface area (Å²) in [5.41, 5.74) is 2.15. The molecule has 0 aliphatic heterocycles. The van der Waals surface area contributed by atoms with E-state index < -0.39 is 0 Å². The Morgan fingerprint density at radius 1 is 1.15 bits per heavy atom. The van der Waals surface area contributed by atoms with Gasteiger partial charge in [-0.25, -0.2) is 0 Å². The summed E-state index contributed by atoms with van der Waals surface area (Å²) in [5, 5.41) is 12.6. The van der Waals surface area contributed by atoms with Gasteiger partial charge in [-0.1, -0.05) is 35.0 Å². The number of benzene rings is 2. The Bertz CT molecular complexity index is 555. The van der Waals surface area contributed by atoms with Crippen LogP contribution in [0.5, 0.6) is 11.5 Å². The van der Waals surface area contributed by atoms with Crippen LogP contribution >= 0.6 is 15.9 Å². The molecule has 0 saturated carbocycles. The van der Waals surface area contributed by atoms with Gasteiger partial charge in [0, 0.05) is 16.6 Å². The van der Waals surface area contributed by atoms with Crippen LogP contribution in [0.3, 0.4) is 0 Å². The molecule has 0 bridgehead atoms. The molecule has 0 unspecified atom stereocenters. The molecule has 2 rings (SSSR count). The lowest BCUT2D eigenvalue weighted by Gasteiger charge is -2.12. The van der Waals surface area contributed by atoms with Gasteiger partial charge < -0.3 is 15.2 Å². The summed E-state index contributed by atoms with van der Waals surface area (Å²) in [5.74, 6) is 1.15. The highest BCUT2D eigenvalue weighted by molar-refractivity contribution is 9.10. The van der Waals surface area contributed by atoms with Crippen molar-refractivity contribution in [2.24, 2.45) is 0 Å². The molecule has 0 saturated heterocycles. The van der Waals surface area contributed by atoms with Gasteiger partial charge in [0.25, 0.3) is 0 Å². The zero-order valence-electron chi connectivity index (χ0n) is 11.4. The molecule has 2 aromatic rings. The van der Waals surface area contributed by atoms with Crippen LogP contribution in [0.4, 0.5) is 0 Å². The molecule has 2 N–H and O–H groups in total. The predicted octanol–water partition coefficient (Wildman–Crippen LogP) is 3.84. The molecule has 0 atom stereocenters. The van der Waals surface area contributed by atoms with Crippen molar-refractivity contribution >= 4 is 15.9 Å². The number of hydrogen-bond donors (Lipinski definition) is 2. The van der Waals surface area contributed by atoms with Gasteiger partial charge in [0.2, 0.25) is 0 Å². The molecule has 2 aromatic carbocycles. The van der Waals surface area contributed by atoms with Crippen LogP contribution in [0.15, 0.2) is 46.9 Å². The van der Waals surface area contributed by atoms with E-state index in [4.69, 9.17) is 4.74 Å². The van der Waals surface area contributed by atoms with E-state index in [2.05, 4.69) is 34.2 Å². The maximum Gasteiger partial charge on any atom is 0.124 e. The highest BCUT2D eigenvalue weighted by Crippen LogP contribution is 2.24. The first-order chi connectivity index (χ1) is 9.69. The van der Waals surface area contributed by atoms with E-state index in [-0.39, 0.29) is 5.75 Å². The molecule has 0 aromatic heterocycles. The normalized spacial score (nSPS) is 10.5. The van der Waals surface area contributed by atoms with E-state index in [1.165, 1.54) is 0 Å². The molecular formula is C16H18BrNO2. The van der Waals surface area contributed by atoms with Crippen LogP contribution in [0.1, 0.15) is 18.1 Å². The first-order valence-electron chi connectivity index (χ1n) is 6.59. The summed E-state index contributed by atoms with van der Waals surface area (Å²) < 4.78 is 6.92. The van der Waals surface area contributed by atoms with Crippen molar-refractivity contribution in [1.29, 1.82) is 0 Å². The van der Waals surface area contributed by atoms with Crippen LogP contribution in [0, 0.1) is 0 Å². The smallest absolute Gasteiger partial charge is 0.124 e. The fourth-order valence-corrected chi connectivity index (χ4v) is 2.25. The second-order valence-electron chi connectivity index (χ2n) is 4.49. The molecule has 0 aliphatic rings. The number of phenols is 1. The summed E-state index contributed by atoms with van der Waals surface area (Å²) >= 11 is 3.48.